The molecule has 6 N–H and O–H groups in total. The van der Waals surface area contributed by atoms with Crippen molar-refractivity contribution in [3.63, 3.8) is 0 Å². The number of carbonyl (C=O) groups excluding carboxylic acids is 2. The largest absolute Gasteiger partial charge is 0.496 e. The van der Waals surface area contributed by atoms with Gasteiger partial charge in [-0.05, 0) is 35.9 Å². The van der Waals surface area contributed by atoms with Crippen LogP contribution in [-0.2, 0) is 18.0 Å². The van der Waals surface area contributed by atoms with Crippen LogP contribution in [0.25, 0.3) is 0 Å². The average molecular weight is 450 g/mol. The molecule has 0 aliphatic rings. The number of carbonyl (C=O) groups is 2. The number of amides is 3. The van der Waals surface area contributed by atoms with E-state index in [1.807, 2.05) is 12.1 Å². The highest BCUT2D eigenvalue weighted by atomic mass is 16.7. The molecule has 1 heterocycles. The van der Waals surface area contributed by atoms with Crippen LogP contribution in [0.4, 0.5) is 22.0 Å². The summed E-state index contributed by atoms with van der Waals surface area (Å²) in [5, 5.41) is 8.33. The van der Waals surface area contributed by atoms with Crippen molar-refractivity contribution in [2.45, 2.75) is 13.2 Å². The van der Waals surface area contributed by atoms with Crippen molar-refractivity contribution in [2.75, 3.05) is 30.5 Å². The van der Waals surface area contributed by atoms with E-state index in [-0.39, 0.29) is 12.6 Å². The topological polar surface area (TPSA) is 140 Å². The molecule has 0 aliphatic heterocycles. The number of nitrogens with one attached hydrogen (secondary N) is 4. The highest BCUT2D eigenvalue weighted by molar-refractivity contribution is 5.99. The Kier molecular flexibility index (Phi) is 8.03. The molecule has 0 radical (unpaired) electrons. The quantitative estimate of drug-likeness (QED) is 0.249. The number of nitrogen functional groups attached to an aromatic ring is 1. The van der Waals surface area contributed by atoms with Gasteiger partial charge in [0.05, 0.1) is 12.7 Å². The minimum atomic E-state index is -0.399. The smallest absolute Gasteiger partial charge is 0.320 e. The Labute approximate surface area is 191 Å². The van der Waals surface area contributed by atoms with Gasteiger partial charge >= 0.3 is 6.03 Å². The van der Waals surface area contributed by atoms with Crippen LogP contribution in [-0.4, -0.2) is 31.1 Å². The van der Waals surface area contributed by atoms with Crippen molar-refractivity contribution >= 4 is 29.1 Å². The van der Waals surface area contributed by atoms with Gasteiger partial charge in [-0.3, -0.25) is 14.9 Å². The summed E-state index contributed by atoms with van der Waals surface area (Å²) in [7, 11) is 3.07. The zero-order valence-electron chi connectivity index (χ0n) is 18.3. The monoisotopic (exact) mass is 450 g/mol. The van der Waals surface area contributed by atoms with Crippen LogP contribution in [0.15, 0.2) is 60.8 Å². The number of aromatic nitrogens is 1. The van der Waals surface area contributed by atoms with E-state index < -0.39 is 5.91 Å². The van der Waals surface area contributed by atoms with Crippen molar-refractivity contribution < 1.29 is 19.2 Å². The molecule has 1 aromatic heterocycles. The van der Waals surface area contributed by atoms with Gasteiger partial charge < -0.3 is 21.1 Å². The molecule has 0 saturated heterocycles. The summed E-state index contributed by atoms with van der Waals surface area (Å²) in [6.07, 6.45) is 1.60. The molecule has 0 saturated carbocycles. The van der Waals surface area contributed by atoms with E-state index in [1.165, 1.54) is 7.05 Å². The molecular weight excluding hydrogens is 424 g/mol. The molecule has 33 heavy (non-hydrogen) atoms. The lowest BCUT2D eigenvalue weighted by atomic mass is 10.1. The highest BCUT2D eigenvalue weighted by Crippen LogP contribution is 2.22. The van der Waals surface area contributed by atoms with Crippen molar-refractivity contribution in [2.24, 2.45) is 0 Å². The summed E-state index contributed by atoms with van der Waals surface area (Å²) in [6.45, 7) is 0.529. The number of rotatable bonds is 9. The lowest BCUT2D eigenvalue weighted by Crippen LogP contribution is -2.25. The molecule has 10 heteroatoms. The van der Waals surface area contributed by atoms with Crippen molar-refractivity contribution in [1.29, 1.82) is 0 Å². The van der Waals surface area contributed by atoms with Crippen LogP contribution in [0.2, 0.25) is 0 Å². The van der Waals surface area contributed by atoms with Gasteiger partial charge in [0, 0.05) is 42.8 Å². The molecule has 0 fully saturated rings. The lowest BCUT2D eigenvalue weighted by Gasteiger charge is -2.13. The third-order valence-corrected chi connectivity index (χ3v) is 4.65. The van der Waals surface area contributed by atoms with Gasteiger partial charge in [0.25, 0.3) is 5.91 Å². The SMILES string of the molecule is CNC(=O)Nc1cc(CNc2ccccc2C(=O)NOCc2ccc(N)cc2OC)ccn1. The van der Waals surface area contributed by atoms with Crippen LogP contribution in [0.1, 0.15) is 21.5 Å². The van der Waals surface area contributed by atoms with Crippen molar-refractivity contribution in [3.8, 4) is 5.75 Å². The molecule has 0 bridgehead atoms. The number of hydroxylamine groups is 1. The van der Waals surface area contributed by atoms with Gasteiger partial charge in [0.2, 0.25) is 0 Å². The minimum absolute atomic E-state index is 0.114. The summed E-state index contributed by atoms with van der Waals surface area (Å²) in [4.78, 5) is 33.7. The van der Waals surface area contributed by atoms with E-state index in [1.54, 1.807) is 55.8 Å². The molecule has 10 nitrogen and oxygen atoms in total. The van der Waals surface area contributed by atoms with Crippen LogP contribution in [0.5, 0.6) is 5.75 Å². The molecular formula is C23H26N6O4. The number of para-hydroxylation sites is 1. The first kappa shape index (κ1) is 23.4. The highest BCUT2D eigenvalue weighted by Gasteiger charge is 2.12. The van der Waals surface area contributed by atoms with Gasteiger partial charge in [-0.2, -0.15) is 0 Å². The summed E-state index contributed by atoms with van der Waals surface area (Å²) in [5.74, 6) is 0.601. The van der Waals surface area contributed by atoms with Gasteiger partial charge in [-0.25, -0.2) is 15.3 Å². The number of hydrogen-bond donors (Lipinski definition) is 5. The van der Waals surface area contributed by atoms with E-state index in [4.69, 9.17) is 15.3 Å². The summed E-state index contributed by atoms with van der Waals surface area (Å²) in [6, 6.07) is 15.5. The molecule has 3 aromatic rings. The molecule has 3 amide bonds. The Hall–Kier alpha value is -4.31. The molecule has 0 unspecified atom stereocenters. The summed E-state index contributed by atoms with van der Waals surface area (Å²) >= 11 is 0. The second-order valence-electron chi connectivity index (χ2n) is 6.94. The van der Waals surface area contributed by atoms with Crippen LogP contribution in [0, 0.1) is 0 Å². The van der Waals surface area contributed by atoms with Crippen LogP contribution in [0.3, 0.4) is 0 Å². The van der Waals surface area contributed by atoms with E-state index in [0.717, 1.165) is 11.1 Å². The lowest BCUT2D eigenvalue weighted by molar-refractivity contribution is 0.0228. The fourth-order valence-corrected chi connectivity index (χ4v) is 2.98. The van der Waals surface area contributed by atoms with Crippen molar-refractivity contribution in [3.05, 3.63) is 77.5 Å². The number of methoxy groups -OCH3 is 1. The Morgan fingerprint density at radius 2 is 1.91 bits per heavy atom. The predicted octanol–water partition coefficient (Wildman–Crippen LogP) is 2.90. The molecule has 0 spiro atoms. The van der Waals surface area contributed by atoms with E-state index in [2.05, 4.69) is 26.4 Å². The number of benzene rings is 2. The Morgan fingerprint density at radius 3 is 2.70 bits per heavy atom. The Morgan fingerprint density at radius 1 is 1.09 bits per heavy atom. The normalized spacial score (nSPS) is 10.2. The van der Waals surface area contributed by atoms with Crippen molar-refractivity contribution in [1.82, 2.24) is 15.8 Å². The van der Waals surface area contributed by atoms with E-state index >= 15 is 0 Å². The summed E-state index contributed by atoms with van der Waals surface area (Å²) in [5.41, 5.74) is 11.5. The van der Waals surface area contributed by atoms with E-state index in [9.17, 15) is 9.59 Å². The summed E-state index contributed by atoms with van der Waals surface area (Å²) < 4.78 is 5.28. The molecule has 2 aromatic carbocycles. The average Bonchev–Trinajstić information content (AvgIpc) is 2.83. The first-order valence-corrected chi connectivity index (χ1v) is 10.1. The third kappa shape index (κ3) is 6.58. The fraction of sp³-hybridized carbons (Fsp3) is 0.174. The maximum Gasteiger partial charge on any atom is 0.320 e. The minimum Gasteiger partial charge on any atom is -0.496 e. The van der Waals surface area contributed by atoms with Crippen LogP contribution >= 0.6 is 0 Å². The number of anilines is 3. The van der Waals surface area contributed by atoms with Gasteiger partial charge in [-0.1, -0.05) is 18.2 Å². The second-order valence-corrected chi connectivity index (χ2v) is 6.94. The number of nitrogens with two attached hydrogens (primary N) is 1. The number of pyridine rings is 1. The second kappa shape index (κ2) is 11.3. The third-order valence-electron chi connectivity index (χ3n) is 4.65. The first-order chi connectivity index (χ1) is 16.0. The predicted molar refractivity (Wildman–Crippen MR) is 126 cm³/mol. The Bertz CT molecular complexity index is 1120. The molecule has 0 aliphatic carbocycles. The zero-order valence-corrected chi connectivity index (χ0v) is 18.3. The maximum atomic E-state index is 12.7. The zero-order chi connectivity index (χ0) is 23.6. The van der Waals surface area contributed by atoms with E-state index in [0.29, 0.717) is 35.1 Å². The molecule has 3 rings (SSSR count). The van der Waals surface area contributed by atoms with Gasteiger partial charge in [0.1, 0.15) is 18.2 Å². The number of hydrogen-bond acceptors (Lipinski definition) is 7. The number of urea groups is 1. The van der Waals surface area contributed by atoms with Crippen LogP contribution < -0.4 is 31.9 Å². The fourth-order valence-electron chi connectivity index (χ4n) is 2.98. The van der Waals surface area contributed by atoms with Gasteiger partial charge in [-0.15, -0.1) is 0 Å². The number of nitrogens with zero attached hydrogens (tertiary/aromatic N) is 1. The maximum absolute atomic E-state index is 12.7. The standard InChI is InChI=1S/C23H26N6O4/c1-25-23(31)28-21-11-15(9-10-26-21)13-27-19-6-4-3-5-18(19)22(30)29-33-14-16-7-8-17(24)12-20(16)32-2/h3-12,27H,13-14,24H2,1-2H3,(H,29,30)(H2,25,26,28,31). The number of ether oxygens (including phenoxy) is 1. The first-order valence-electron chi connectivity index (χ1n) is 10.1. The molecule has 0 atom stereocenters. The van der Waals surface area contributed by atoms with Gasteiger partial charge in [0.15, 0.2) is 0 Å². The Balaban J connectivity index is 1.60. The molecule has 172 valence electrons.